The van der Waals surface area contributed by atoms with E-state index in [0.717, 1.165) is 36.9 Å². The lowest BCUT2D eigenvalue weighted by molar-refractivity contribution is -0.127. The number of aromatic nitrogens is 1. The Morgan fingerprint density at radius 1 is 1.61 bits per heavy atom. The van der Waals surface area contributed by atoms with E-state index in [2.05, 4.69) is 22.5 Å². The van der Waals surface area contributed by atoms with Crippen molar-refractivity contribution in [1.29, 1.82) is 0 Å². The summed E-state index contributed by atoms with van der Waals surface area (Å²) in [5, 5.41) is 6.39. The zero-order chi connectivity index (χ0) is 13.0. The van der Waals surface area contributed by atoms with Crippen molar-refractivity contribution in [2.24, 2.45) is 0 Å². The summed E-state index contributed by atoms with van der Waals surface area (Å²) in [7, 11) is 0. The lowest BCUT2D eigenvalue weighted by atomic mass is 9.93. The van der Waals surface area contributed by atoms with E-state index in [4.69, 9.17) is 0 Å². The van der Waals surface area contributed by atoms with Crippen LogP contribution in [0, 0.1) is 6.92 Å². The van der Waals surface area contributed by atoms with Gasteiger partial charge in [-0.05, 0) is 49.9 Å². The molecule has 1 amide bonds. The molecule has 18 heavy (non-hydrogen) atoms. The summed E-state index contributed by atoms with van der Waals surface area (Å²) >= 11 is 0. The second-order valence-electron chi connectivity index (χ2n) is 4.95. The molecular weight excluding hydrogens is 226 g/mol. The number of rotatable bonds is 4. The quantitative estimate of drug-likeness (QED) is 0.848. The van der Waals surface area contributed by atoms with Crippen molar-refractivity contribution in [2.45, 2.75) is 45.2 Å². The second-order valence-corrected chi connectivity index (χ2v) is 4.95. The molecule has 1 fully saturated rings. The van der Waals surface area contributed by atoms with Crippen molar-refractivity contribution in [3.8, 4) is 0 Å². The average molecular weight is 247 g/mol. The molecule has 4 nitrogen and oxygen atoms in total. The predicted octanol–water partition coefficient (Wildman–Crippen LogP) is 1.54. The van der Waals surface area contributed by atoms with Gasteiger partial charge in [-0.2, -0.15) is 0 Å². The SMILES string of the molecule is CCC1(C(=O)NCc2ccncc2C)CCCN1. The molecule has 1 unspecified atom stereocenters. The molecular formula is C14H21N3O. The van der Waals surface area contributed by atoms with E-state index in [0.29, 0.717) is 6.54 Å². The van der Waals surface area contributed by atoms with Crippen molar-refractivity contribution >= 4 is 5.91 Å². The molecule has 0 spiro atoms. The number of carbonyl (C=O) groups excluding carboxylic acids is 1. The molecule has 0 saturated carbocycles. The smallest absolute Gasteiger partial charge is 0.240 e. The minimum absolute atomic E-state index is 0.124. The van der Waals surface area contributed by atoms with Gasteiger partial charge in [0.15, 0.2) is 0 Å². The van der Waals surface area contributed by atoms with E-state index >= 15 is 0 Å². The van der Waals surface area contributed by atoms with Gasteiger partial charge in [0.05, 0.1) is 5.54 Å². The Balaban J connectivity index is 1.98. The first-order chi connectivity index (χ1) is 8.68. The number of aryl methyl sites for hydroxylation is 1. The van der Waals surface area contributed by atoms with Gasteiger partial charge in [0.2, 0.25) is 5.91 Å². The van der Waals surface area contributed by atoms with E-state index in [1.165, 1.54) is 0 Å². The number of amides is 1. The molecule has 2 rings (SSSR count). The van der Waals surface area contributed by atoms with Gasteiger partial charge in [-0.1, -0.05) is 6.92 Å². The summed E-state index contributed by atoms with van der Waals surface area (Å²) in [5.74, 6) is 0.124. The fourth-order valence-electron chi connectivity index (χ4n) is 2.51. The van der Waals surface area contributed by atoms with Gasteiger partial charge in [-0.25, -0.2) is 0 Å². The Bertz CT molecular complexity index is 425. The highest BCUT2D eigenvalue weighted by atomic mass is 16.2. The van der Waals surface area contributed by atoms with Gasteiger partial charge in [0.25, 0.3) is 0 Å². The van der Waals surface area contributed by atoms with Crippen molar-refractivity contribution in [2.75, 3.05) is 6.54 Å². The normalized spacial score (nSPS) is 23.0. The highest BCUT2D eigenvalue weighted by Crippen LogP contribution is 2.23. The first-order valence-corrected chi connectivity index (χ1v) is 6.61. The second kappa shape index (κ2) is 5.48. The predicted molar refractivity (Wildman–Crippen MR) is 71.1 cm³/mol. The molecule has 2 N–H and O–H groups in total. The van der Waals surface area contributed by atoms with Crippen molar-refractivity contribution in [1.82, 2.24) is 15.6 Å². The average Bonchev–Trinajstić information content (AvgIpc) is 2.87. The van der Waals surface area contributed by atoms with E-state index in [1.807, 2.05) is 19.2 Å². The molecule has 1 aliphatic rings. The number of hydrogen-bond donors (Lipinski definition) is 2. The fraction of sp³-hybridized carbons (Fsp3) is 0.571. The fourth-order valence-corrected chi connectivity index (χ4v) is 2.51. The molecule has 1 aromatic heterocycles. The van der Waals surface area contributed by atoms with Crippen LogP contribution in [0.25, 0.3) is 0 Å². The minimum atomic E-state index is -0.346. The van der Waals surface area contributed by atoms with E-state index < -0.39 is 0 Å². The molecule has 1 saturated heterocycles. The molecule has 98 valence electrons. The van der Waals surface area contributed by atoms with E-state index in [1.54, 1.807) is 6.20 Å². The van der Waals surface area contributed by atoms with E-state index in [-0.39, 0.29) is 11.4 Å². The maximum Gasteiger partial charge on any atom is 0.240 e. The Morgan fingerprint density at radius 2 is 2.44 bits per heavy atom. The van der Waals surface area contributed by atoms with Gasteiger partial charge in [0, 0.05) is 18.9 Å². The van der Waals surface area contributed by atoms with Crippen molar-refractivity contribution < 1.29 is 4.79 Å². The zero-order valence-corrected chi connectivity index (χ0v) is 11.1. The maximum atomic E-state index is 12.3. The summed E-state index contributed by atoms with van der Waals surface area (Å²) in [6.45, 7) is 5.60. The van der Waals surface area contributed by atoms with Crippen molar-refractivity contribution in [3.63, 3.8) is 0 Å². The van der Waals surface area contributed by atoms with Crippen molar-refractivity contribution in [3.05, 3.63) is 29.6 Å². The van der Waals surface area contributed by atoms with Gasteiger partial charge in [-0.3, -0.25) is 9.78 Å². The van der Waals surface area contributed by atoms with Crippen LogP contribution in [0.5, 0.6) is 0 Å². The largest absolute Gasteiger partial charge is 0.350 e. The third kappa shape index (κ3) is 2.53. The number of carbonyl (C=O) groups is 1. The third-order valence-corrected chi connectivity index (χ3v) is 3.86. The summed E-state index contributed by atoms with van der Waals surface area (Å²) in [6.07, 6.45) is 6.44. The summed E-state index contributed by atoms with van der Waals surface area (Å²) in [6, 6.07) is 1.95. The van der Waals surface area contributed by atoms with Crippen LogP contribution in [0.3, 0.4) is 0 Å². The Kier molecular flexibility index (Phi) is 3.97. The number of pyridine rings is 1. The van der Waals surface area contributed by atoms with E-state index in [9.17, 15) is 4.79 Å². The van der Waals surface area contributed by atoms with Crippen LogP contribution in [0.2, 0.25) is 0 Å². The molecule has 0 aromatic carbocycles. The number of nitrogens with zero attached hydrogens (tertiary/aromatic N) is 1. The minimum Gasteiger partial charge on any atom is -0.350 e. The van der Waals surface area contributed by atoms with Crippen LogP contribution >= 0.6 is 0 Å². The molecule has 0 bridgehead atoms. The van der Waals surface area contributed by atoms with Crippen LogP contribution in [-0.2, 0) is 11.3 Å². The molecule has 1 aromatic rings. The van der Waals surface area contributed by atoms with Gasteiger partial charge < -0.3 is 10.6 Å². The molecule has 2 heterocycles. The summed E-state index contributed by atoms with van der Waals surface area (Å²) < 4.78 is 0. The Labute approximate surface area is 108 Å². The Hall–Kier alpha value is -1.42. The molecule has 0 aliphatic carbocycles. The maximum absolute atomic E-state index is 12.3. The lowest BCUT2D eigenvalue weighted by Gasteiger charge is -2.26. The lowest BCUT2D eigenvalue weighted by Crippen LogP contribution is -2.52. The van der Waals surface area contributed by atoms with Gasteiger partial charge in [-0.15, -0.1) is 0 Å². The monoisotopic (exact) mass is 247 g/mol. The Morgan fingerprint density at radius 3 is 3.06 bits per heavy atom. The summed E-state index contributed by atoms with van der Waals surface area (Å²) in [5.41, 5.74) is 1.89. The summed E-state index contributed by atoms with van der Waals surface area (Å²) in [4.78, 5) is 16.3. The molecule has 0 radical (unpaired) electrons. The van der Waals surface area contributed by atoms with Crippen LogP contribution in [0.4, 0.5) is 0 Å². The third-order valence-electron chi connectivity index (χ3n) is 3.86. The topological polar surface area (TPSA) is 54.0 Å². The first kappa shape index (κ1) is 13.0. The zero-order valence-electron chi connectivity index (χ0n) is 11.1. The molecule has 1 aliphatic heterocycles. The van der Waals surface area contributed by atoms with Crippen LogP contribution in [-0.4, -0.2) is 23.0 Å². The van der Waals surface area contributed by atoms with Crippen LogP contribution in [0.15, 0.2) is 18.5 Å². The first-order valence-electron chi connectivity index (χ1n) is 6.61. The standard InChI is InChI=1S/C14H21N3O/c1-3-14(6-4-7-17-14)13(18)16-10-12-5-8-15-9-11(12)2/h5,8-9,17H,3-4,6-7,10H2,1-2H3,(H,16,18). The van der Waals surface area contributed by atoms with Crippen LogP contribution < -0.4 is 10.6 Å². The number of nitrogens with one attached hydrogen (secondary N) is 2. The molecule has 4 heteroatoms. The highest BCUT2D eigenvalue weighted by molar-refractivity contribution is 5.86. The van der Waals surface area contributed by atoms with Gasteiger partial charge >= 0.3 is 0 Å². The highest BCUT2D eigenvalue weighted by Gasteiger charge is 2.38. The van der Waals surface area contributed by atoms with Crippen LogP contribution in [0.1, 0.15) is 37.3 Å². The molecule has 1 atom stereocenters. The van der Waals surface area contributed by atoms with Gasteiger partial charge in [0.1, 0.15) is 0 Å². The number of hydrogen-bond acceptors (Lipinski definition) is 3.